The SMILES string of the molecule is CCCN1C(=O)C2CCC(C(=O)NC3CCCCC3)CC2N2C(=O)N(Cc3cccc(F)c3)NC12. The summed E-state index contributed by atoms with van der Waals surface area (Å²) in [6.07, 6.45) is 7.55. The number of hydrogen-bond donors (Lipinski definition) is 2. The van der Waals surface area contributed by atoms with E-state index in [1.54, 1.807) is 21.9 Å². The molecule has 190 valence electrons. The minimum Gasteiger partial charge on any atom is -0.353 e. The van der Waals surface area contributed by atoms with Gasteiger partial charge in [-0.1, -0.05) is 38.3 Å². The van der Waals surface area contributed by atoms with Gasteiger partial charge in [-0.25, -0.2) is 9.18 Å². The summed E-state index contributed by atoms with van der Waals surface area (Å²) >= 11 is 0. The number of fused-ring (bicyclic) bond motifs is 3. The quantitative estimate of drug-likeness (QED) is 0.647. The average molecular weight is 486 g/mol. The Morgan fingerprint density at radius 3 is 2.69 bits per heavy atom. The number of carbonyl (C=O) groups is 3. The highest BCUT2D eigenvalue weighted by atomic mass is 19.1. The van der Waals surface area contributed by atoms with Crippen LogP contribution in [0.2, 0.25) is 0 Å². The molecule has 4 unspecified atom stereocenters. The molecule has 5 rings (SSSR count). The van der Waals surface area contributed by atoms with Gasteiger partial charge in [0, 0.05) is 24.5 Å². The maximum absolute atomic E-state index is 13.7. The molecule has 1 aromatic carbocycles. The minimum atomic E-state index is -0.579. The molecule has 2 N–H and O–H groups in total. The van der Waals surface area contributed by atoms with Crippen LogP contribution < -0.4 is 10.7 Å². The number of amides is 4. The molecule has 4 fully saturated rings. The van der Waals surface area contributed by atoms with Crippen molar-refractivity contribution in [2.45, 2.75) is 89.6 Å². The van der Waals surface area contributed by atoms with E-state index in [0.29, 0.717) is 31.4 Å². The van der Waals surface area contributed by atoms with Crippen LogP contribution in [0.3, 0.4) is 0 Å². The van der Waals surface area contributed by atoms with Crippen LogP contribution in [0.25, 0.3) is 0 Å². The van der Waals surface area contributed by atoms with Crippen LogP contribution in [-0.2, 0) is 16.1 Å². The number of nitrogens with zero attached hydrogens (tertiary/aromatic N) is 3. The van der Waals surface area contributed by atoms with E-state index in [2.05, 4.69) is 10.7 Å². The molecular formula is C26H36FN5O3. The van der Waals surface area contributed by atoms with E-state index in [1.807, 2.05) is 6.92 Å². The third-order valence-electron chi connectivity index (χ3n) is 8.07. The molecule has 2 aliphatic carbocycles. The Bertz CT molecular complexity index is 968. The molecule has 4 atom stereocenters. The molecule has 2 heterocycles. The smallest absolute Gasteiger partial charge is 0.337 e. The predicted molar refractivity (Wildman–Crippen MR) is 128 cm³/mol. The number of urea groups is 1. The highest BCUT2D eigenvalue weighted by Crippen LogP contribution is 2.40. The minimum absolute atomic E-state index is 0.0529. The van der Waals surface area contributed by atoms with E-state index in [0.717, 1.165) is 32.1 Å². The van der Waals surface area contributed by atoms with Gasteiger partial charge in [0.2, 0.25) is 11.8 Å². The predicted octanol–water partition coefficient (Wildman–Crippen LogP) is 3.34. The van der Waals surface area contributed by atoms with Gasteiger partial charge >= 0.3 is 6.03 Å². The highest BCUT2D eigenvalue weighted by Gasteiger charge is 2.55. The molecule has 1 aromatic rings. The van der Waals surface area contributed by atoms with Crippen molar-refractivity contribution in [1.29, 1.82) is 0 Å². The maximum atomic E-state index is 13.7. The Morgan fingerprint density at radius 2 is 1.94 bits per heavy atom. The summed E-state index contributed by atoms with van der Waals surface area (Å²) in [5.74, 6) is -0.733. The van der Waals surface area contributed by atoms with Crippen molar-refractivity contribution >= 4 is 17.8 Å². The fourth-order valence-electron chi connectivity index (χ4n) is 6.33. The van der Waals surface area contributed by atoms with E-state index in [9.17, 15) is 18.8 Å². The lowest BCUT2D eigenvalue weighted by Crippen LogP contribution is -2.67. The number of halogens is 1. The zero-order valence-electron chi connectivity index (χ0n) is 20.4. The second-order valence-corrected chi connectivity index (χ2v) is 10.5. The molecule has 4 aliphatic rings. The van der Waals surface area contributed by atoms with Crippen LogP contribution in [0.4, 0.5) is 9.18 Å². The van der Waals surface area contributed by atoms with Gasteiger partial charge in [-0.2, -0.15) is 5.43 Å². The second kappa shape index (κ2) is 10.1. The Hall–Kier alpha value is -2.68. The van der Waals surface area contributed by atoms with Crippen LogP contribution in [0.1, 0.15) is 70.3 Å². The number of nitrogens with one attached hydrogen (secondary N) is 2. The molecule has 0 aromatic heterocycles. The molecule has 2 saturated carbocycles. The molecule has 8 nitrogen and oxygen atoms in total. The van der Waals surface area contributed by atoms with E-state index in [1.165, 1.54) is 23.6 Å². The summed E-state index contributed by atoms with van der Waals surface area (Å²) < 4.78 is 13.7. The fourth-order valence-corrected chi connectivity index (χ4v) is 6.33. The number of hydrogen-bond acceptors (Lipinski definition) is 4. The van der Waals surface area contributed by atoms with E-state index in [-0.39, 0.29) is 54.1 Å². The summed E-state index contributed by atoms with van der Waals surface area (Å²) in [5, 5.41) is 4.72. The topological polar surface area (TPSA) is 85.0 Å². The standard InChI is InChI=1S/C26H36FN5O3/c1-2-13-30-24(34)21-12-11-18(23(33)28-20-9-4-3-5-10-20)15-22(21)32-25(30)29-31(26(32)35)16-17-7-6-8-19(27)14-17/h6-8,14,18,20-22,25,29H,2-5,9-13,15-16H2,1H3,(H,28,33). The largest absolute Gasteiger partial charge is 0.353 e. The lowest BCUT2D eigenvalue weighted by molar-refractivity contribution is -0.158. The molecule has 0 bridgehead atoms. The third kappa shape index (κ3) is 4.75. The van der Waals surface area contributed by atoms with E-state index >= 15 is 0 Å². The molecule has 2 saturated heterocycles. The molecule has 9 heteroatoms. The van der Waals surface area contributed by atoms with E-state index in [4.69, 9.17) is 0 Å². The molecular weight excluding hydrogens is 449 g/mol. The second-order valence-electron chi connectivity index (χ2n) is 10.5. The number of rotatable bonds is 6. The normalized spacial score (nSPS) is 29.3. The molecule has 4 amide bonds. The summed E-state index contributed by atoms with van der Waals surface area (Å²) in [5.41, 5.74) is 3.88. The van der Waals surface area contributed by atoms with Crippen molar-refractivity contribution in [3.63, 3.8) is 0 Å². The van der Waals surface area contributed by atoms with Crippen molar-refractivity contribution in [3.05, 3.63) is 35.6 Å². The van der Waals surface area contributed by atoms with Crippen molar-refractivity contribution in [3.8, 4) is 0 Å². The van der Waals surface area contributed by atoms with Gasteiger partial charge in [-0.05, 0) is 56.2 Å². The first kappa shape index (κ1) is 24.0. The van der Waals surface area contributed by atoms with Crippen LogP contribution in [0.5, 0.6) is 0 Å². The van der Waals surface area contributed by atoms with Crippen LogP contribution in [0, 0.1) is 17.7 Å². The third-order valence-corrected chi connectivity index (χ3v) is 8.07. The van der Waals surface area contributed by atoms with Gasteiger partial charge in [0.05, 0.1) is 12.5 Å². The molecule has 35 heavy (non-hydrogen) atoms. The lowest BCUT2D eigenvalue weighted by atomic mass is 9.75. The Morgan fingerprint density at radius 1 is 1.14 bits per heavy atom. The van der Waals surface area contributed by atoms with Crippen LogP contribution >= 0.6 is 0 Å². The van der Waals surface area contributed by atoms with Crippen molar-refractivity contribution in [2.75, 3.05) is 6.54 Å². The first-order valence-corrected chi connectivity index (χ1v) is 13.2. The van der Waals surface area contributed by atoms with Crippen molar-refractivity contribution < 1.29 is 18.8 Å². The van der Waals surface area contributed by atoms with Gasteiger partial charge in [0.15, 0.2) is 6.29 Å². The zero-order valence-corrected chi connectivity index (χ0v) is 20.4. The first-order valence-electron chi connectivity index (χ1n) is 13.2. The van der Waals surface area contributed by atoms with Crippen molar-refractivity contribution in [2.24, 2.45) is 11.8 Å². The Labute approximate surface area is 206 Å². The monoisotopic (exact) mass is 485 g/mol. The van der Waals surface area contributed by atoms with Crippen LogP contribution in [0.15, 0.2) is 24.3 Å². The number of benzene rings is 1. The molecule has 2 aliphatic heterocycles. The first-order chi connectivity index (χ1) is 17.0. The van der Waals surface area contributed by atoms with Gasteiger partial charge in [0.25, 0.3) is 0 Å². The van der Waals surface area contributed by atoms with Gasteiger partial charge in [0.1, 0.15) is 5.82 Å². The number of carbonyl (C=O) groups excluding carboxylic acids is 3. The van der Waals surface area contributed by atoms with E-state index < -0.39 is 6.29 Å². The summed E-state index contributed by atoms with van der Waals surface area (Å²) in [7, 11) is 0. The lowest BCUT2D eigenvalue weighted by Gasteiger charge is -2.49. The zero-order chi connectivity index (χ0) is 24.5. The van der Waals surface area contributed by atoms with Crippen molar-refractivity contribution in [1.82, 2.24) is 25.6 Å². The van der Waals surface area contributed by atoms with Gasteiger partial charge in [-0.15, -0.1) is 0 Å². The summed E-state index contributed by atoms with van der Waals surface area (Å²) in [4.78, 5) is 43.7. The highest BCUT2D eigenvalue weighted by molar-refractivity contribution is 5.87. The van der Waals surface area contributed by atoms with Gasteiger partial charge < -0.3 is 10.2 Å². The molecule has 0 spiro atoms. The number of hydrazine groups is 1. The fraction of sp³-hybridized carbons (Fsp3) is 0.654. The Balaban J connectivity index is 1.34. The molecule has 0 radical (unpaired) electrons. The van der Waals surface area contributed by atoms with Gasteiger partial charge in [-0.3, -0.25) is 19.5 Å². The summed E-state index contributed by atoms with van der Waals surface area (Å²) in [6.45, 7) is 2.75. The maximum Gasteiger partial charge on any atom is 0.337 e. The van der Waals surface area contributed by atoms with Crippen LogP contribution in [-0.4, -0.2) is 57.6 Å². The average Bonchev–Trinajstić information content (AvgIpc) is 3.17. The Kier molecular flexibility index (Phi) is 6.95. The summed E-state index contributed by atoms with van der Waals surface area (Å²) in [6, 6.07) is 5.88.